The molecule has 1 amide bonds. The van der Waals surface area contributed by atoms with Gasteiger partial charge in [-0.3, -0.25) is 4.79 Å². The van der Waals surface area contributed by atoms with Gasteiger partial charge in [0.15, 0.2) is 0 Å². The van der Waals surface area contributed by atoms with Crippen LogP contribution in [0.1, 0.15) is 32.3 Å². The molecule has 0 bridgehead atoms. The number of hydrogen-bond donors (Lipinski definition) is 2. The molecule has 0 radical (unpaired) electrons. The minimum atomic E-state index is -0.925. The van der Waals surface area contributed by atoms with Crippen LogP contribution in [0.4, 0.5) is 5.69 Å². The maximum Gasteiger partial charge on any atom is 0.245 e. The lowest BCUT2D eigenvalue weighted by Gasteiger charge is -2.65. The summed E-state index contributed by atoms with van der Waals surface area (Å²) in [5.74, 6) is -0.100. The van der Waals surface area contributed by atoms with Gasteiger partial charge in [0.2, 0.25) is 5.91 Å². The van der Waals surface area contributed by atoms with Gasteiger partial charge in [0, 0.05) is 17.9 Å². The SMILES string of the molecule is Cc1ccc(Cl)c(NC(=O)C2(N)C3CCCOC3C2(C)C)c1.Cl. The lowest BCUT2D eigenvalue weighted by molar-refractivity contribution is -0.222. The summed E-state index contributed by atoms with van der Waals surface area (Å²) in [6.45, 7) is 6.74. The van der Waals surface area contributed by atoms with Gasteiger partial charge in [0.1, 0.15) is 5.54 Å². The van der Waals surface area contributed by atoms with E-state index in [1.165, 1.54) is 0 Å². The van der Waals surface area contributed by atoms with Crippen LogP contribution in [0.3, 0.4) is 0 Å². The van der Waals surface area contributed by atoms with E-state index in [1.807, 2.05) is 32.9 Å². The number of nitrogens with one attached hydrogen (secondary N) is 1. The fraction of sp³-hybridized carbons (Fsp3) is 0.588. The average Bonchev–Trinajstić information content (AvgIpc) is 2.50. The number of amides is 1. The maximum atomic E-state index is 12.9. The summed E-state index contributed by atoms with van der Waals surface area (Å²) < 4.78 is 5.84. The van der Waals surface area contributed by atoms with E-state index in [1.54, 1.807) is 6.07 Å². The zero-order valence-corrected chi connectivity index (χ0v) is 15.3. The van der Waals surface area contributed by atoms with Gasteiger partial charge in [-0.05, 0) is 37.5 Å². The molecule has 1 aliphatic carbocycles. The Balaban J connectivity index is 0.00000192. The third-order valence-corrected chi connectivity index (χ3v) is 5.76. The number of halogens is 2. The number of carbonyl (C=O) groups is 1. The van der Waals surface area contributed by atoms with Crippen molar-refractivity contribution in [3.8, 4) is 0 Å². The number of aryl methyl sites for hydroxylation is 1. The Morgan fingerprint density at radius 1 is 1.43 bits per heavy atom. The number of carbonyl (C=O) groups excluding carboxylic acids is 1. The van der Waals surface area contributed by atoms with Crippen molar-refractivity contribution in [3.63, 3.8) is 0 Å². The molecule has 1 aromatic carbocycles. The number of anilines is 1. The van der Waals surface area contributed by atoms with Gasteiger partial charge >= 0.3 is 0 Å². The molecule has 0 spiro atoms. The molecule has 1 saturated heterocycles. The Kier molecular flexibility index (Phi) is 5.03. The second kappa shape index (κ2) is 6.25. The largest absolute Gasteiger partial charge is 0.377 e. The molecule has 1 heterocycles. The molecular weight excluding hydrogens is 335 g/mol. The van der Waals surface area contributed by atoms with Gasteiger partial charge < -0.3 is 15.8 Å². The zero-order valence-electron chi connectivity index (χ0n) is 13.7. The summed E-state index contributed by atoms with van der Waals surface area (Å²) in [7, 11) is 0. The van der Waals surface area contributed by atoms with Crippen molar-refractivity contribution in [1.82, 2.24) is 0 Å². The van der Waals surface area contributed by atoms with Gasteiger partial charge in [0.25, 0.3) is 0 Å². The standard InChI is InChI=1S/C17H23ClN2O2.ClH/c1-10-6-7-12(18)13(9-10)20-15(21)17(19)11-5-4-8-22-14(11)16(17,2)3;/h6-7,9,11,14H,4-5,8,19H2,1-3H3,(H,20,21);1H. The molecule has 3 unspecified atom stereocenters. The van der Waals surface area contributed by atoms with Crippen molar-refractivity contribution in [3.05, 3.63) is 28.8 Å². The van der Waals surface area contributed by atoms with Crippen LogP contribution in [0.25, 0.3) is 0 Å². The molecule has 1 aromatic rings. The average molecular weight is 359 g/mol. The Bertz CT molecular complexity index is 621. The molecule has 0 aromatic heterocycles. The van der Waals surface area contributed by atoms with Crippen molar-refractivity contribution < 1.29 is 9.53 Å². The second-order valence-electron chi connectivity index (χ2n) is 7.07. The topological polar surface area (TPSA) is 64.4 Å². The van der Waals surface area contributed by atoms with E-state index in [0.29, 0.717) is 10.7 Å². The van der Waals surface area contributed by atoms with Crippen LogP contribution in [-0.2, 0) is 9.53 Å². The summed E-state index contributed by atoms with van der Waals surface area (Å²) in [5, 5.41) is 3.45. The molecule has 23 heavy (non-hydrogen) atoms. The maximum absolute atomic E-state index is 12.9. The molecule has 1 saturated carbocycles. The zero-order chi connectivity index (χ0) is 16.1. The first-order valence-electron chi connectivity index (χ1n) is 7.76. The Labute approximate surface area is 148 Å². The molecule has 1 aliphatic heterocycles. The number of benzene rings is 1. The van der Waals surface area contributed by atoms with Crippen LogP contribution in [0, 0.1) is 18.3 Å². The summed E-state index contributed by atoms with van der Waals surface area (Å²) in [6.07, 6.45) is 1.94. The van der Waals surface area contributed by atoms with Crippen LogP contribution in [0.2, 0.25) is 5.02 Å². The van der Waals surface area contributed by atoms with E-state index < -0.39 is 11.0 Å². The highest BCUT2D eigenvalue weighted by Crippen LogP contribution is 2.57. The normalized spacial score (nSPS) is 31.3. The van der Waals surface area contributed by atoms with Crippen molar-refractivity contribution >= 4 is 35.6 Å². The van der Waals surface area contributed by atoms with E-state index in [0.717, 1.165) is 25.0 Å². The van der Waals surface area contributed by atoms with Crippen molar-refractivity contribution in [1.29, 1.82) is 0 Å². The molecule has 4 nitrogen and oxygen atoms in total. The monoisotopic (exact) mass is 358 g/mol. The number of rotatable bonds is 2. The molecule has 6 heteroatoms. The first kappa shape index (κ1) is 18.5. The summed E-state index contributed by atoms with van der Waals surface area (Å²) in [4.78, 5) is 12.9. The van der Waals surface area contributed by atoms with Gasteiger partial charge in [-0.25, -0.2) is 0 Å². The van der Waals surface area contributed by atoms with Gasteiger partial charge in [0.05, 0.1) is 16.8 Å². The van der Waals surface area contributed by atoms with E-state index >= 15 is 0 Å². The highest BCUT2D eigenvalue weighted by atomic mass is 35.5. The van der Waals surface area contributed by atoms with E-state index in [-0.39, 0.29) is 30.3 Å². The Hall–Kier alpha value is -0.810. The Morgan fingerprint density at radius 3 is 2.83 bits per heavy atom. The fourth-order valence-corrected chi connectivity index (χ4v) is 4.16. The molecule has 128 valence electrons. The minimum absolute atomic E-state index is 0. The summed E-state index contributed by atoms with van der Waals surface area (Å²) in [6, 6.07) is 5.56. The quantitative estimate of drug-likeness (QED) is 0.849. The van der Waals surface area contributed by atoms with Crippen molar-refractivity contribution in [2.75, 3.05) is 11.9 Å². The molecule has 2 aliphatic rings. The Morgan fingerprint density at radius 2 is 2.13 bits per heavy atom. The first-order chi connectivity index (χ1) is 10.3. The summed E-state index contributed by atoms with van der Waals surface area (Å²) in [5.41, 5.74) is 6.92. The predicted octanol–water partition coefficient (Wildman–Crippen LogP) is 3.54. The van der Waals surface area contributed by atoms with Crippen LogP contribution in [-0.4, -0.2) is 24.2 Å². The lowest BCUT2D eigenvalue weighted by atomic mass is 9.46. The number of fused-ring (bicyclic) bond motifs is 1. The third-order valence-electron chi connectivity index (χ3n) is 5.43. The van der Waals surface area contributed by atoms with Crippen LogP contribution in [0.5, 0.6) is 0 Å². The predicted molar refractivity (Wildman–Crippen MR) is 95.2 cm³/mol. The van der Waals surface area contributed by atoms with Crippen molar-refractivity contribution in [2.24, 2.45) is 17.1 Å². The van der Waals surface area contributed by atoms with Gasteiger partial charge in [-0.15, -0.1) is 12.4 Å². The van der Waals surface area contributed by atoms with Crippen molar-refractivity contribution in [2.45, 2.75) is 45.3 Å². The second-order valence-corrected chi connectivity index (χ2v) is 7.48. The molecular formula is C17H24Cl2N2O2. The van der Waals surface area contributed by atoms with E-state index in [4.69, 9.17) is 22.1 Å². The molecule has 3 rings (SSSR count). The number of nitrogens with two attached hydrogens (primary N) is 1. The third kappa shape index (κ3) is 2.66. The molecule has 3 atom stereocenters. The van der Waals surface area contributed by atoms with Crippen LogP contribution < -0.4 is 11.1 Å². The molecule has 2 fully saturated rings. The molecule has 3 N–H and O–H groups in total. The number of ether oxygens (including phenoxy) is 1. The minimum Gasteiger partial charge on any atom is -0.377 e. The van der Waals surface area contributed by atoms with Crippen LogP contribution in [0.15, 0.2) is 18.2 Å². The summed E-state index contributed by atoms with van der Waals surface area (Å²) >= 11 is 6.18. The number of hydrogen-bond acceptors (Lipinski definition) is 3. The van der Waals surface area contributed by atoms with E-state index in [2.05, 4.69) is 5.32 Å². The highest BCUT2D eigenvalue weighted by molar-refractivity contribution is 6.33. The van der Waals surface area contributed by atoms with Crippen LogP contribution >= 0.6 is 24.0 Å². The highest BCUT2D eigenvalue weighted by Gasteiger charge is 2.70. The van der Waals surface area contributed by atoms with Gasteiger partial charge in [-0.2, -0.15) is 0 Å². The fourth-order valence-electron chi connectivity index (χ4n) is 4.00. The smallest absolute Gasteiger partial charge is 0.245 e. The first-order valence-corrected chi connectivity index (χ1v) is 8.14. The van der Waals surface area contributed by atoms with Gasteiger partial charge in [-0.1, -0.05) is 31.5 Å². The van der Waals surface area contributed by atoms with E-state index in [9.17, 15) is 4.79 Å². The lowest BCUT2D eigenvalue weighted by Crippen LogP contribution is -2.81.